The number of alkyl halides is 3. The molecule has 28 heavy (non-hydrogen) atoms. The van der Waals surface area contributed by atoms with E-state index < -0.39 is 23.7 Å². The lowest BCUT2D eigenvalue weighted by atomic mass is 10.1. The molecule has 1 fully saturated rings. The van der Waals surface area contributed by atoms with Crippen molar-refractivity contribution >= 4 is 5.91 Å². The third-order valence-electron chi connectivity index (χ3n) is 4.28. The van der Waals surface area contributed by atoms with Gasteiger partial charge in [-0.05, 0) is 12.1 Å². The molecule has 0 N–H and O–H groups in total. The Morgan fingerprint density at radius 2 is 1.89 bits per heavy atom. The van der Waals surface area contributed by atoms with E-state index in [1.54, 1.807) is 0 Å². The first-order chi connectivity index (χ1) is 13.4. The van der Waals surface area contributed by atoms with Gasteiger partial charge in [-0.25, -0.2) is 4.98 Å². The predicted molar refractivity (Wildman–Crippen MR) is 91.5 cm³/mol. The normalized spacial score (nSPS) is 14.6. The molecule has 0 saturated carbocycles. The molecule has 0 bridgehead atoms. The van der Waals surface area contributed by atoms with Crippen LogP contribution in [0, 0.1) is 0 Å². The third-order valence-corrected chi connectivity index (χ3v) is 4.28. The Labute approximate surface area is 157 Å². The van der Waals surface area contributed by atoms with Crippen molar-refractivity contribution in [1.82, 2.24) is 15.0 Å². The SMILES string of the molecule is O=C(c1cc(-c2ccccc2)on1)N1CC(Oc2ncccc2C(F)(F)F)C1. The molecular formula is C19H14F3N3O3. The first-order valence-electron chi connectivity index (χ1n) is 8.42. The molecule has 1 saturated heterocycles. The Hall–Kier alpha value is -3.36. The van der Waals surface area contributed by atoms with E-state index >= 15 is 0 Å². The minimum absolute atomic E-state index is 0.131. The standard InChI is InChI=1S/C19H14F3N3O3/c20-19(21,22)14-7-4-8-23-17(14)27-13-10-25(11-13)18(26)15-9-16(28-24-15)12-5-2-1-3-6-12/h1-9,13H,10-11H2. The highest BCUT2D eigenvalue weighted by molar-refractivity contribution is 5.93. The number of carbonyl (C=O) groups is 1. The van der Waals surface area contributed by atoms with Crippen LogP contribution in [-0.4, -0.2) is 40.1 Å². The van der Waals surface area contributed by atoms with Gasteiger partial charge in [0.1, 0.15) is 11.7 Å². The van der Waals surface area contributed by atoms with E-state index in [-0.39, 0.29) is 24.7 Å². The fourth-order valence-corrected chi connectivity index (χ4v) is 2.81. The number of nitrogens with zero attached hydrogens (tertiary/aromatic N) is 3. The van der Waals surface area contributed by atoms with E-state index in [0.29, 0.717) is 5.76 Å². The number of pyridine rings is 1. The lowest BCUT2D eigenvalue weighted by Gasteiger charge is -2.38. The molecule has 1 amide bonds. The molecule has 9 heteroatoms. The molecule has 1 aliphatic heterocycles. The molecule has 0 unspecified atom stereocenters. The highest BCUT2D eigenvalue weighted by Gasteiger charge is 2.39. The van der Waals surface area contributed by atoms with Gasteiger partial charge in [-0.3, -0.25) is 4.79 Å². The van der Waals surface area contributed by atoms with Crippen molar-refractivity contribution in [3.05, 3.63) is 66.0 Å². The number of rotatable bonds is 4. The summed E-state index contributed by atoms with van der Waals surface area (Å²) in [7, 11) is 0. The molecule has 0 aliphatic carbocycles. The molecule has 3 aromatic rings. The zero-order valence-corrected chi connectivity index (χ0v) is 14.4. The van der Waals surface area contributed by atoms with Crippen LogP contribution in [0.2, 0.25) is 0 Å². The zero-order valence-electron chi connectivity index (χ0n) is 14.4. The van der Waals surface area contributed by atoms with Crippen LogP contribution in [-0.2, 0) is 6.18 Å². The van der Waals surface area contributed by atoms with Crippen LogP contribution in [0.3, 0.4) is 0 Å². The Bertz CT molecular complexity index is 983. The lowest BCUT2D eigenvalue weighted by Crippen LogP contribution is -2.56. The van der Waals surface area contributed by atoms with Crippen molar-refractivity contribution in [2.24, 2.45) is 0 Å². The van der Waals surface area contributed by atoms with Gasteiger partial charge < -0.3 is 14.2 Å². The van der Waals surface area contributed by atoms with Crippen LogP contribution in [0.4, 0.5) is 13.2 Å². The topological polar surface area (TPSA) is 68.5 Å². The number of halogens is 3. The molecule has 3 heterocycles. The van der Waals surface area contributed by atoms with Crippen molar-refractivity contribution in [3.8, 4) is 17.2 Å². The summed E-state index contributed by atoms with van der Waals surface area (Å²) in [5.74, 6) is -0.400. The number of hydrogen-bond donors (Lipinski definition) is 0. The molecule has 144 valence electrons. The molecule has 4 rings (SSSR count). The molecule has 0 spiro atoms. The Kier molecular flexibility index (Phi) is 4.50. The second-order valence-electron chi connectivity index (χ2n) is 6.25. The predicted octanol–water partition coefficient (Wildman–Crippen LogP) is 3.66. The van der Waals surface area contributed by atoms with E-state index in [9.17, 15) is 18.0 Å². The number of amides is 1. The Morgan fingerprint density at radius 3 is 2.61 bits per heavy atom. The second kappa shape index (κ2) is 6.99. The average Bonchev–Trinajstić information content (AvgIpc) is 3.14. The van der Waals surface area contributed by atoms with Gasteiger partial charge in [0.15, 0.2) is 11.5 Å². The van der Waals surface area contributed by atoms with Gasteiger partial charge in [-0.1, -0.05) is 35.5 Å². The Morgan fingerprint density at radius 1 is 1.14 bits per heavy atom. The minimum atomic E-state index is -4.56. The van der Waals surface area contributed by atoms with Gasteiger partial charge in [0.2, 0.25) is 5.88 Å². The van der Waals surface area contributed by atoms with Gasteiger partial charge in [-0.15, -0.1) is 0 Å². The number of benzene rings is 1. The van der Waals surface area contributed by atoms with E-state index in [0.717, 1.165) is 11.6 Å². The van der Waals surface area contributed by atoms with Crippen molar-refractivity contribution in [3.63, 3.8) is 0 Å². The summed E-state index contributed by atoms with van der Waals surface area (Å²) in [6.07, 6.45) is -3.90. The van der Waals surface area contributed by atoms with Crippen LogP contribution >= 0.6 is 0 Å². The lowest BCUT2D eigenvalue weighted by molar-refractivity contribution is -0.140. The highest BCUT2D eigenvalue weighted by Crippen LogP contribution is 2.35. The summed E-state index contributed by atoms with van der Waals surface area (Å²) in [6.45, 7) is 0.278. The summed E-state index contributed by atoms with van der Waals surface area (Å²) in [4.78, 5) is 17.5. The monoisotopic (exact) mass is 389 g/mol. The van der Waals surface area contributed by atoms with Gasteiger partial charge in [0, 0.05) is 17.8 Å². The second-order valence-corrected chi connectivity index (χ2v) is 6.25. The fourth-order valence-electron chi connectivity index (χ4n) is 2.81. The minimum Gasteiger partial charge on any atom is -0.470 e. The molecule has 6 nitrogen and oxygen atoms in total. The van der Waals surface area contributed by atoms with E-state index in [4.69, 9.17) is 9.26 Å². The number of carbonyl (C=O) groups excluding carboxylic acids is 1. The summed E-state index contributed by atoms with van der Waals surface area (Å²) < 4.78 is 49.5. The van der Waals surface area contributed by atoms with Crippen molar-refractivity contribution in [2.45, 2.75) is 12.3 Å². The highest BCUT2D eigenvalue weighted by atomic mass is 19.4. The molecule has 0 radical (unpaired) electrons. The quantitative estimate of drug-likeness (QED) is 0.681. The summed E-state index contributed by atoms with van der Waals surface area (Å²) in [5, 5.41) is 3.78. The maximum Gasteiger partial charge on any atom is 0.421 e. The maximum absolute atomic E-state index is 13.0. The number of likely N-dealkylation sites (tertiary alicyclic amines) is 1. The van der Waals surface area contributed by atoms with Crippen LogP contribution < -0.4 is 4.74 Å². The smallest absolute Gasteiger partial charge is 0.421 e. The van der Waals surface area contributed by atoms with Crippen molar-refractivity contribution < 1.29 is 27.2 Å². The van der Waals surface area contributed by atoms with E-state index in [1.807, 2.05) is 30.3 Å². The Balaban J connectivity index is 1.39. The molecular weight excluding hydrogens is 375 g/mol. The first-order valence-corrected chi connectivity index (χ1v) is 8.42. The van der Waals surface area contributed by atoms with Crippen LogP contribution in [0.5, 0.6) is 5.88 Å². The van der Waals surface area contributed by atoms with E-state index in [1.165, 1.54) is 23.2 Å². The number of hydrogen-bond acceptors (Lipinski definition) is 5. The molecule has 0 atom stereocenters. The summed E-state index contributed by atoms with van der Waals surface area (Å²) in [6, 6.07) is 12.8. The average molecular weight is 389 g/mol. The van der Waals surface area contributed by atoms with Crippen LogP contribution in [0.25, 0.3) is 11.3 Å². The summed E-state index contributed by atoms with van der Waals surface area (Å²) >= 11 is 0. The largest absolute Gasteiger partial charge is 0.470 e. The molecule has 1 aliphatic rings. The first kappa shape index (κ1) is 18.0. The van der Waals surface area contributed by atoms with Gasteiger partial charge >= 0.3 is 6.18 Å². The van der Waals surface area contributed by atoms with Crippen LogP contribution in [0.15, 0.2) is 59.3 Å². The molecule has 2 aromatic heterocycles. The number of aromatic nitrogens is 2. The molecule has 1 aromatic carbocycles. The summed E-state index contributed by atoms with van der Waals surface area (Å²) in [5.41, 5.74) is -0.0244. The van der Waals surface area contributed by atoms with Crippen molar-refractivity contribution in [1.29, 1.82) is 0 Å². The number of ether oxygens (including phenoxy) is 1. The maximum atomic E-state index is 13.0. The van der Waals surface area contributed by atoms with Gasteiger partial charge in [0.25, 0.3) is 5.91 Å². The third kappa shape index (κ3) is 3.55. The van der Waals surface area contributed by atoms with E-state index in [2.05, 4.69) is 10.1 Å². The van der Waals surface area contributed by atoms with Gasteiger partial charge in [0.05, 0.1) is 13.1 Å². The van der Waals surface area contributed by atoms with Gasteiger partial charge in [-0.2, -0.15) is 13.2 Å². The van der Waals surface area contributed by atoms with Crippen LogP contribution in [0.1, 0.15) is 16.1 Å². The fraction of sp³-hybridized carbons (Fsp3) is 0.211. The van der Waals surface area contributed by atoms with Crippen molar-refractivity contribution in [2.75, 3.05) is 13.1 Å². The zero-order chi connectivity index (χ0) is 19.7.